The summed E-state index contributed by atoms with van der Waals surface area (Å²) in [6.45, 7) is 0. The highest BCUT2D eigenvalue weighted by molar-refractivity contribution is 6.10. The van der Waals surface area contributed by atoms with Crippen LogP contribution >= 0.6 is 0 Å². The topological polar surface area (TPSA) is 157 Å². The Morgan fingerprint density at radius 3 is 1.89 bits per heavy atom. The van der Waals surface area contributed by atoms with Gasteiger partial charge in [0, 0.05) is 47.6 Å². The van der Waals surface area contributed by atoms with E-state index in [-0.39, 0.29) is 23.4 Å². The molecule has 6 aromatic carbocycles. The van der Waals surface area contributed by atoms with Crippen molar-refractivity contribution in [1.82, 2.24) is 0 Å². The van der Waals surface area contributed by atoms with Crippen LogP contribution in [0.3, 0.4) is 0 Å². The fraction of sp³-hybridized carbons (Fsp3) is 0.0698. The second-order valence-corrected chi connectivity index (χ2v) is 12.6. The summed E-state index contributed by atoms with van der Waals surface area (Å²) in [5.74, 6) is -1.45. The molecule has 0 aliphatic carbocycles. The standard InChI is InChI=1S/C43H31N3O8/c47-42(32-19-22-34(23-20-32)45(50)51)44(38(43(48)49)25-28-9-3-1-4-10-28)36-24-21-33(27-37(36)46(52)53)30-15-17-31(18-16-30)41-35-13-7-8-14-39(35)54-40(41)26-29-11-5-2-6-12-29/h1-24,27,38H,25-26H2,(H,48,49)/t38-/m0/s1. The van der Waals surface area contributed by atoms with Gasteiger partial charge in [0.15, 0.2) is 0 Å². The second kappa shape index (κ2) is 15.1. The molecule has 0 aliphatic rings. The molecular weight excluding hydrogens is 686 g/mol. The predicted octanol–water partition coefficient (Wildman–Crippen LogP) is 9.52. The first-order valence-corrected chi connectivity index (χ1v) is 17.0. The number of nitrogens with zero attached hydrogens (tertiary/aromatic N) is 3. The number of amides is 1. The number of aliphatic carboxylic acids is 1. The largest absolute Gasteiger partial charge is 0.480 e. The van der Waals surface area contributed by atoms with Crippen LogP contribution in [0.2, 0.25) is 0 Å². The molecule has 0 bridgehead atoms. The predicted molar refractivity (Wildman–Crippen MR) is 204 cm³/mol. The lowest BCUT2D eigenvalue weighted by Crippen LogP contribution is -2.47. The maximum Gasteiger partial charge on any atom is 0.327 e. The average Bonchev–Trinajstić information content (AvgIpc) is 3.56. The lowest BCUT2D eigenvalue weighted by molar-refractivity contribution is -0.384. The van der Waals surface area contributed by atoms with Crippen molar-refractivity contribution in [3.63, 3.8) is 0 Å². The van der Waals surface area contributed by atoms with Crippen LogP contribution in [0.25, 0.3) is 33.2 Å². The summed E-state index contributed by atoms with van der Waals surface area (Å²) in [7, 11) is 0. The van der Waals surface area contributed by atoms with Gasteiger partial charge in [-0.05, 0) is 52.1 Å². The van der Waals surface area contributed by atoms with Gasteiger partial charge in [-0.15, -0.1) is 0 Å². The normalized spacial score (nSPS) is 11.6. The third-order valence-corrected chi connectivity index (χ3v) is 9.23. The van der Waals surface area contributed by atoms with Gasteiger partial charge in [0.05, 0.1) is 9.85 Å². The number of carboxylic acids is 1. The molecule has 11 nitrogen and oxygen atoms in total. The van der Waals surface area contributed by atoms with E-state index >= 15 is 0 Å². The van der Waals surface area contributed by atoms with E-state index in [0.29, 0.717) is 23.1 Å². The van der Waals surface area contributed by atoms with Crippen molar-refractivity contribution in [3.8, 4) is 22.3 Å². The Balaban J connectivity index is 1.28. The van der Waals surface area contributed by atoms with E-state index in [1.165, 1.54) is 24.3 Å². The summed E-state index contributed by atoms with van der Waals surface area (Å²) in [5.41, 5.74) is 4.33. The zero-order chi connectivity index (χ0) is 37.8. The Bertz CT molecular complexity index is 2500. The first-order valence-electron chi connectivity index (χ1n) is 17.0. The molecule has 1 aromatic heterocycles. The molecule has 1 heterocycles. The van der Waals surface area contributed by atoms with Gasteiger partial charge in [0.25, 0.3) is 17.3 Å². The quantitative estimate of drug-likeness (QED) is 0.0967. The summed E-state index contributed by atoms with van der Waals surface area (Å²) in [4.78, 5) is 50.6. The van der Waals surface area contributed by atoms with Gasteiger partial charge in [0.1, 0.15) is 23.1 Å². The Morgan fingerprint density at radius 1 is 0.667 bits per heavy atom. The lowest BCUT2D eigenvalue weighted by atomic mass is 9.96. The number of carbonyl (C=O) groups is 2. The van der Waals surface area contributed by atoms with Gasteiger partial charge < -0.3 is 9.52 Å². The van der Waals surface area contributed by atoms with Gasteiger partial charge in [-0.25, -0.2) is 4.79 Å². The minimum absolute atomic E-state index is 0.0766. The number of hydrogen-bond donors (Lipinski definition) is 1. The molecule has 11 heteroatoms. The van der Waals surface area contributed by atoms with Crippen LogP contribution < -0.4 is 4.90 Å². The molecule has 7 aromatic rings. The van der Waals surface area contributed by atoms with E-state index in [1.54, 1.807) is 36.4 Å². The van der Waals surface area contributed by atoms with E-state index in [9.17, 15) is 34.9 Å². The van der Waals surface area contributed by atoms with E-state index in [2.05, 4.69) is 0 Å². The number of furan rings is 1. The van der Waals surface area contributed by atoms with Crippen LogP contribution in [-0.2, 0) is 17.6 Å². The highest BCUT2D eigenvalue weighted by Crippen LogP contribution is 2.39. The molecule has 7 rings (SSSR count). The van der Waals surface area contributed by atoms with Gasteiger partial charge in [-0.2, -0.15) is 0 Å². The van der Waals surface area contributed by atoms with Crippen molar-refractivity contribution < 1.29 is 29.0 Å². The minimum Gasteiger partial charge on any atom is -0.480 e. The van der Waals surface area contributed by atoms with E-state index in [0.717, 1.165) is 50.5 Å². The summed E-state index contributed by atoms with van der Waals surface area (Å²) < 4.78 is 6.31. The molecule has 0 spiro atoms. The fourth-order valence-corrected chi connectivity index (χ4v) is 6.61. The molecule has 0 unspecified atom stereocenters. The number of rotatable bonds is 12. The van der Waals surface area contributed by atoms with Crippen LogP contribution in [0.15, 0.2) is 156 Å². The van der Waals surface area contributed by atoms with Gasteiger partial charge in [-0.3, -0.25) is 29.9 Å². The molecule has 1 N–H and O–H groups in total. The molecular formula is C43H31N3O8. The number of anilines is 1. The van der Waals surface area contributed by atoms with Crippen LogP contribution in [0, 0.1) is 20.2 Å². The smallest absolute Gasteiger partial charge is 0.327 e. The Labute approximate surface area is 308 Å². The van der Waals surface area contributed by atoms with Crippen molar-refractivity contribution >= 4 is 39.9 Å². The SMILES string of the molecule is O=C(O)[C@H](Cc1ccccc1)N(C(=O)c1ccc([N+](=O)[O-])cc1)c1ccc(-c2ccc(-c3c(Cc4ccccc4)oc4ccccc34)cc2)cc1[N+](=O)[O-]. The summed E-state index contributed by atoms with van der Waals surface area (Å²) >= 11 is 0. The lowest BCUT2D eigenvalue weighted by Gasteiger charge is -2.29. The van der Waals surface area contributed by atoms with Crippen LogP contribution in [0.1, 0.15) is 27.2 Å². The number of nitro groups is 2. The average molecular weight is 718 g/mol. The van der Waals surface area contributed by atoms with E-state index in [4.69, 9.17) is 4.42 Å². The van der Waals surface area contributed by atoms with Crippen molar-refractivity contribution in [2.45, 2.75) is 18.9 Å². The van der Waals surface area contributed by atoms with Crippen LogP contribution in [0.4, 0.5) is 17.1 Å². The number of carboxylic acid groups (broad SMARTS) is 1. The molecule has 1 amide bonds. The van der Waals surface area contributed by atoms with Gasteiger partial charge in [0.2, 0.25) is 0 Å². The molecule has 266 valence electrons. The van der Waals surface area contributed by atoms with Crippen LogP contribution in [-0.4, -0.2) is 32.9 Å². The first-order chi connectivity index (χ1) is 26.2. The van der Waals surface area contributed by atoms with Crippen molar-refractivity contribution in [1.29, 1.82) is 0 Å². The highest BCUT2D eigenvalue weighted by Gasteiger charge is 2.36. The molecule has 0 fully saturated rings. The minimum atomic E-state index is -1.56. The van der Waals surface area contributed by atoms with Crippen molar-refractivity contribution in [2.24, 2.45) is 0 Å². The van der Waals surface area contributed by atoms with E-state index < -0.39 is 33.5 Å². The monoisotopic (exact) mass is 717 g/mol. The Hall–Kier alpha value is -7.40. The number of nitro benzene ring substituents is 2. The number of non-ortho nitro benzene ring substituents is 1. The number of benzene rings is 6. The van der Waals surface area contributed by atoms with Crippen molar-refractivity contribution in [2.75, 3.05) is 4.90 Å². The molecule has 54 heavy (non-hydrogen) atoms. The van der Waals surface area contributed by atoms with Gasteiger partial charge in [-0.1, -0.05) is 109 Å². The molecule has 0 aliphatic heterocycles. The molecule has 0 radical (unpaired) electrons. The summed E-state index contributed by atoms with van der Waals surface area (Å²) in [6.07, 6.45) is 0.418. The summed E-state index contributed by atoms with van der Waals surface area (Å²) in [5, 5.41) is 35.4. The second-order valence-electron chi connectivity index (χ2n) is 12.6. The maximum absolute atomic E-state index is 14.1. The van der Waals surface area contributed by atoms with Crippen molar-refractivity contribution in [3.05, 3.63) is 194 Å². The highest BCUT2D eigenvalue weighted by atomic mass is 16.6. The zero-order valence-electron chi connectivity index (χ0n) is 28.6. The Kier molecular flexibility index (Phi) is 9.77. The third-order valence-electron chi connectivity index (χ3n) is 9.23. The Morgan fingerprint density at radius 2 is 1.26 bits per heavy atom. The first kappa shape index (κ1) is 35.0. The van der Waals surface area contributed by atoms with E-state index in [1.807, 2.05) is 78.9 Å². The number of fused-ring (bicyclic) bond motifs is 1. The van der Waals surface area contributed by atoms with Gasteiger partial charge >= 0.3 is 5.97 Å². The molecule has 1 atom stereocenters. The fourth-order valence-electron chi connectivity index (χ4n) is 6.61. The zero-order valence-corrected chi connectivity index (χ0v) is 28.6. The molecule has 0 saturated carbocycles. The third kappa shape index (κ3) is 7.19. The van der Waals surface area contributed by atoms with Crippen LogP contribution in [0.5, 0.6) is 0 Å². The maximum atomic E-state index is 14.1. The number of hydrogen-bond acceptors (Lipinski definition) is 7. The number of carbonyl (C=O) groups excluding carboxylic acids is 1. The number of para-hydroxylation sites is 1. The summed E-state index contributed by atoms with van der Waals surface area (Å²) in [6, 6.07) is 41.3. The molecule has 0 saturated heterocycles.